The Kier molecular flexibility index (Phi) is 2.80. The van der Waals surface area contributed by atoms with Crippen molar-refractivity contribution in [3.05, 3.63) is 47.4 Å². The minimum absolute atomic E-state index is 0.671. The van der Waals surface area contributed by atoms with Gasteiger partial charge in [-0.1, -0.05) is 11.6 Å². The van der Waals surface area contributed by atoms with E-state index >= 15 is 0 Å². The molecule has 0 bridgehead atoms. The molecule has 92 valence electrons. The number of hydrogen-bond donors (Lipinski definition) is 0. The van der Waals surface area contributed by atoms with Gasteiger partial charge < -0.3 is 8.98 Å². The Morgan fingerprint density at radius 1 is 1.33 bits per heavy atom. The maximum Gasteiger partial charge on any atom is 0.144 e. The molecule has 0 spiro atoms. The van der Waals surface area contributed by atoms with E-state index in [1.54, 1.807) is 12.6 Å². The van der Waals surface area contributed by atoms with Gasteiger partial charge >= 0.3 is 0 Å². The average Bonchev–Trinajstić information content (AvgIpc) is 2.98. The van der Waals surface area contributed by atoms with E-state index in [1.807, 2.05) is 29.8 Å². The molecule has 3 aromatic heterocycles. The van der Waals surface area contributed by atoms with Gasteiger partial charge in [0, 0.05) is 18.9 Å². The van der Waals surface area contributed by atoms with Crippen LogP contribution in [0, 0.1) is 0 Å². The molecular weight excluding hydrogens is 250 g/mol. The van der Waals surface area contributed by atoms with Gasteiger partial charge in [0.1, 0.15) is 22.9 Å². The molecule has 0 aliphatic carbocycles. The van der Waals surface area contributed by atoms with Gasteiger partial charge in [0.15, 0.2) is 0 Å². The molecule has 3 heterocycles. The van der Waals surface area contributed by atoms with E-state index in [0.717, 1.165) is 35.3 Å². The third kappa shape index (κ3) is 1.88. The van der Waals surface area contributed by atoms with Crippen molar-refractivity contribution in [1.29, 1.82) is 0 Å². The second kappa shape index (κ2) is 4.46. The van der Waals surface area contributed by atoms with Crippen LogP contribution in [0.3, 0.4) is 0 Å². The van der Waals surface area contributed by atoms with Crippen LogP contribution in [0.4, 0.5) is 0 Å². The molecule has 0 radical (unpaired) electrons. The molecular formula is C13H12ClN3O. The summed E-state index contributed by atoms with van der Waals surface area (Å²) in [6, 6.07) is 5.77. The van der Waals surface area contributed by atoms with Crippen molar-refractivity contribution in [3.8, 4) is 0 Å². The number of fused-ring (bicyclic) bond motifs is 1. The molecule has 0 N–H and O–H groups in total. The highest BCUT2D eigenvalue weighted by molar-refractivity contribution is 6.30. The summed E-state index contributed by atoms with van der Waals surface area (Å²) in [4.78, 5) is 8.59. The number of halogens is 1. The highest BCUT2D eigenvalue weighted by Crippen LogP contribution is 2.23. The van der Waals surface area contributed by atoms with Crippen LogP contribution in [-0.4, -0.2) is 14.5 Å². The van der Waals surface area contributed by atoms with Crippen LogP contribution in [0.1, 0.15) is 11.5 Å². The molecule has 0 fully saturated rings. The predicted molar refractivity (Wildman–Crippen MR) is 69.6 cm³/mol. The lowest BCUT2D eigenvalue weighted by Crippen LogP contribution is -1.97. The van der Waals surface area contributed by atoms with Crippen molar-refractivity contribution in [2.45, 2.75) is 12.8 Å². The molecule has 5 heteroatoms. The first kappa shape index (κ1) is 11.3. The SMILES string of the molecule is Cn1c(Cl)cc2c(CCc3ccco3)ncnc21. The number of nitrogens with zero attached hydrogens (tertiary/aromatic N) is 3. The summed E-state index contributed by atoms with van der Waals surface area (Å²) in [7, 11) is 1.90. The third-order valence-electron chi connectivity index (χ3n) is 3.04. The fourth-order valence-corrected chi connectivity index (χ4v) is 2.24. The zero-order valence-electron chi connectivity index (χ0n) is 9.93. The van der Waals surface area contributed by atoms with E-state index in [4.69, 9.17) is 16.0 Å². The normalized spacial score (nSPS) is 11.2. The molecule has 0 saturated carbocycles. The van der Waals surface area contributed by atoms with Crippen LogP contribution in [-0.2, 0) is 19.9 Å². The van der Waals surface area contributed by atoms with Crippen LogP contribution in [0.25, 0.3) is 11.0 Å². The van der Waals surface area contributed by atoms with E-state index in [9.17, 15) is 0 Å². The van der Waals surface area contributed by atoms with E-state index < -0.39 is 0 Å². The summed E-state index contributed by atoms with van der Waals surface area (Å²) in [5.74, 6) is 0.962. The van der Waals surface area contributed by atoms with Crippen molar-refractivity contribution in [2.24, 2.45) is 7.05 Å². The van der Waals surface area contributed by atoms with Crippen LogP contribution in [0.2, 0.25) is 5.15 Å². The number of aromatic nitrogens is 3. The van der Waals surface area contributed by atoms with Crippen molar-refractivity contribution >= 4 is 22.6 Å². The molecule has 18 heavy (non-hydrogen) atoms. The lowest BCUT2D eigenvalue weighted by molar-refractivity contribution is 0.508. The first-order valence-electron chi connectivity index (χ1n) is 5.73. The molecule has 0 aromatic carbocycles. The zero-order valence-corrected chi connectivity index (χ0v) is 10.7. The Labute approximate surface area is 109 Å². The highest BCUT2D eigenvalue weighted by atomic mass is 35.5. The third-order valence-corrected chi connectivity index (χ3v) is 3.40. The summed E-state index contributed by atoms with van der Waals surface area (Å²) in [6.07, 6.45) is 4.90. The smallest absolute Gasteiger partial charge is 0.144 e. The van der Waals surface area contributed by atoms with Crippen molar-refractivity contribution < 1.29 is 4.42 Å². The largest absolute Gasteiger partial charge is 0.469 e. The molecule has 0 aliphatic rings. The van der Waals surface area contributed by atoms with Gasteiger partial charge in [-0.3, -0.25) is 0 Å². The van der Waals surface area contributed by atoms with Crippen LogP contribution >= 0.6 is 11.6 Å². The maximum absolute atomic E-state index is 6.10. The number of furan rings is 1. The molecule has 0 aliphatic heterocycles. The standard InChI is InChI=1S/C13H12ClN3O/c1-17-12(14)7-10-11(15-8-16-13(10)17)5-4-9-3-2-6-18-9/h2-3,6-8H,4-5H2,1H3. The molecule has 0 unspecified atom stereocenters. The maximum atomic E-state index is 6.10. The van der Waals surface area contributed by atoms with Crippen molar-refractivity contribution in [3.63, 3.8) is 0 Å². The number of aryl methyl sites for hydroxylation is 3. The molecule has 4 nitrogen and oxygen atoms in total. The van der Waals surface area contributed by atoms with Gasteiger partial charge in [0.25, 0.3) is 0 Å². The Balaban J connectivity index is 1.94. The molecule has 3 rings (SSSR count). The summed E-state index contributed by atoms with van der Waals surface area (Å²) < 4.78 is 7.18. The van der Waals surface area contributed by atoms with Crippen LogP contribution in [0.15, 0.2) is 35.2 Å². The second-order valence-electron chi connectivity index (χ2n) is 4.16. The van der Waals surface area contributed by atoms with Gasteiger partial charge in [0.2, 0.25) is 0 Å². The Bertz CT molecular complexity index is 673. The Morgan fingerprint density at radius 3 is 3.00 bits per heavy atom. The molecule has 0 saturated heterocycles. The first-order chi connectivity index (χ1) is 8.75. The highest BCUT2D eigenvalue weighted by Gasteiger charge is 2.10. The van der Waals surface area contributed by atoms with E-state index in [-0.39, 0.29) is 0 Å². The van der Waals surface area contributed by atoms with E-state index in [1.165, 1.54) is 0 Å². The van der Waals surface area contributed by atoms with Crippen LogP contribution in [0.5, 0.6) is 0 Å². The average molecular weight is 262 g/mol. The van der Waals surface area contributed by atoms with Gasteiger partial charge in [0.05, 0.1) is 12.0 Å². The van der Waals surface area contributed by atoms with Crippen molar-refractivity contribution in [2.75, 3.05) is 0 Å². The van der Waals surface area contributed by atoms with Gasteiger partial charge in [-0.15, -0.1) is 0 Å². The van der Waals surface area contributed by atoms with Crippen molar-refractivity contribution in [1.82, 2.24) is 14.5 Å². The fourth-order valence-electron chi connectivity index (χ4n) is 2.05. The minimum atomic E-state index is 0.671. The molecule has 0 atom stereocenters. The Morgan fingerprint density at radius 2 is 2.22 bits per heavy atom. The van der Waals surface area contributed by atoms with Gasteiger partial charge in [-0.2, -0.15) is 0 Å². The fraction of sp³-hybridized carbons (Fsp3) is 0.231. The minimum Gasteiger partial charge on any atom is -0.469 e. The van der Waals surface area contributed by atoms with Gasteiger partial charge in [-0.25, -0.2) is 9.97 Å². The monoisotopic (exact) mass is 261 g/mol. The summed E-state index contributed by atoms with van der Waals surface area (Å²) in [5, 5.41) is 1.68. The lowest BCUT2D eigenvalue weighted by Gasteiger charge is -2.01. The molecule has 0 amide bonds. The number of hydrogen-bond acceptors (Lipinski definition) is 3. The first-order valence-corrected chi connectivity index (χ1v) is 6.10. The number of rotatable bonds is 3. The zero-order chi connectivity index (χ0) is 12.5. The van der Waals surface area contributed by atoms with E-state index in [2.05, 4.69) is 9.97 Å². The topological polar surface area (TPSA) is 43.9 Å². The van der Waals surface area contributed by atoms with E-state index in [0.29, 0.717) is 5.15 Å². The van der Waals surface area contributed by atoms with Gasteiger partial charge in [-0.05, 0) is 24.6 Å². The van der Waals surface area contributed by atoms with Crippen LogP contribution < -0.4 is 0 Å². The predicted octanol–water partition coefficient (Wildman–Crippen LogP) is 3.00. The quantitative estimate of drug-likeness (QED) is 0.728. The summed E-state index contributed by atoms with van der Waals surface area (Å²) >= 11 is 6.10. The molecule has 3 aromatic rings. The lowest BCUT2D eigenvalue weighted by atomic mass is 10.1. The Hall–Kier alpha value is -1.81. The second-order valence-corrected chi connectivity index (χ2v) is 4.55. The summed E-state index contributed by atoms with van der Waals surface area (Å²) in [6.45, 7) is 0. The summed E-state index contributed by atoms with van der Waals surface area (Å²) in [5.41, 5.74) is 1.86.